The summed E-state index contributed by atoms with van der Waals surface area (Å²) in [5.41, 5.74) is 10.7. The Kier molecular flexibility index (Phi) is 2.37. The third-order valence-corrected chi connectivity index (χ3v) is 3.29. The smallest absolute Gasteiger partial charge is 0.0684 e. The van der Waals surface area contributed by atoms with E-state index in [4.69, 9.17) is 17.3 Å². The molecule has 0 saturated carbocycles. The summed E-state index contributed by atoms with van der Waals surface area (Å²) in [5, 5.41) is 0.789. The molecule has 2 aromatic rings. The molecule has 1 aliphatic rings. The van der Waals surface area contributed by atoms with Crippen LogP contribution in [0, 0.1) is 0 Å². The van der Waals surface area contributed by atoms with Crippen molar-refractivity contribution in [3.63, 3.8) is 0 Å². The zero-order chi connectivity index (χ0) is 11.8. The average Bonchev–Trinajstić information content (AvgIpc) is 2.75. The lowest BCUT2D eigenvalue weighted by atomic mass is 10.0. The number of fused-ring (bicyclic) bond motifs is 1. The molecule has 84 valence electrons. The molecule has 0 aliphatic carbocycles. The molecule has 1 heterocycles. The van der Waals surface area contributed by atoms with E-state index < -0.39 is 0 Å². The van der Waals surface area contributed by atoms with E-state index in [1.165, 1.54) is 0 Å². The van der Waals surface area contributed by atoms with Crippen LogP contribution in [0.4, 0.5) is 11.4 Å². The lowest BCUT2D eigenvalue weighted by molar-refractivity contribution is 1.39. The fourth-order valence-corrected chi connectivity index (χ4v) is 2.26. The minimum Gasteiger partial charge on any atom is -0.399 e. The average molecular weight is 243 g/mol. The van der Waals surface area contributed by atoms with Gasteiger partial charge in [0.25, 0.3) is 0 Å². The first-order valence-corrected chi connectivity index (χ1v) is 5.83. The fourth-order valence-electron chi connectivity index (χ4n) is 2.02. The van der Waals surface area contributed by atoms with E-state index in [1.807, 2.05) is 42.5 Å². The summed E-state index contributed by atoms with van der Waals surface area (Å²) < 4.78 is 0. The summed E-state index contributed by atoms with van der Waals surface area (Å²) in [5.74, 6) is 0. The number of rotatable bonds is 1. The van der Waals surface area contributed by atoms with E-state index in [9.17, 15) is 0 Å². The summed E-state index contributed by atoms with van der Waals surface area (Å²) in [6, 6.07) is 13.6. The van der Waals surface area contributed by atoms with Gasteiger partial charge in [0, 0.05) is 22.7 Å². The summed E-state index contributed by atoms with van der Waals surface area (Å²) in [4.78, 5) is 4.60. The third kappa shape index (κ3) is 1.81. The Hall–Kier alpha value is -1.80. The fraction of sp³-hybridized carbons (Fsp3) is 0.0714. The largest absolute Gasteiger partial charge is 0.399 e. The molecule has 17 heavy (non-hydrogen) atoms. The van der Waals surface area contributed by atoms with Gasteiger partial charge in [-0.2, -0.15) is 0 Å². The first-order valence-electron chi connectivity index (χ1n) is 5.45. The molecule has 0 atom stereocenters. The summed E-state index contributed by atoms with van der Waals surface area (Å²) in [6.45, 7) is 0. The van der Waals surface area contributed by atoms with Gasteiger partial charge in [-0.15, -0.1) is 0 Å². The van der Waals surface area contributed by atoms with E-state index in [0.29, 0.717) is 0 Å². The standard InChI is InChI=1S/C14H11ClN2/c15-12-2-1-3-13-11(12)8-14(17-13)9-4-6-10(16)7-5-9/h1-7H,8,16H2. The van der Waals surface area contributed by atoms with E-state index in [1.54, 1.807) is 0 Å². The highest BCUT2D eigenvalue weighted by molar-refractivity contribution is 6.32. The maximum absolute atomic E-state index is 6.15. The van der Waals surface area contributed by atoms with Crippen LogP contribution >= 0.6 is 11.6 Å². The molecule has 1 aliphatic heterocycles. The van der Waals surface area contributed by atoms with Crippen molar-refractivity contribution in [2.24, 2.45) is 4.99 Å². The Morgan fingerprint density at radius 1 is 1.06 bits per heavy atom. The zero-order valence-corrected chi connectivity index (χ0v) is 9.91. The molecule has 2 N–H and O–H groups in total. The number of anilines is 1. The van der Waals surface area contributed by atoms with E-state index >= 15 is 0 Å². The summed E-state index contributed by atoms with van der Waals surface area (Å²) in [6.07, 6.45) is 0.791. The number of halogens is 1. The van der Waals surface area contributed by atoms with Crippen LogP contribution in [-0.4, -0.2) is 5.71 Å². The first-order chi connectivity index (χ1) is 8.24. The normalized spacial score (nSPS) is 13.4. The van der Waals surface area contributed by atoms with Gasteiger partial charge in [-0.3, -0.25) is 4.99 Å². The van der Waals surface area contributed by atoms with Crippen LogP contribution in [0.2, 0.25) is 5.02 Å². The van der Waals surface area contributed by atoms with Gasteiger partial charge >= 0.3 is 0 Å². The molecule has 2 nitrogen and oxygen atoms in total. The summed E-state index contributed by atoms with van der Waals surface area (Å²) in [7, 11) is 0. The second kappa shape index (κ2) is 3.90. The SMILES string of the molecule is Nc1ccc(C2=Nc3cccc(Cl)c3C2)cc1. The lowest BCUT2D eigenvalue weighted by Gasteiger charge is -2.01. The Balaban J connectivity index is 2.00. The second-order valence-corrected chi connectivity index (χ2v) is 4.50. The molecule has 3 rings (SSSR count). The van der Waals surface area contributed by atoms with Crippen LogP contribution in [0.25, 0.3) is 0 Å². The van der Waals surface area contributed by atoms with E-state index in [-0.39, 0.29) is 0 Å². The number of hydrogen-bond donors (Lipinski definition) is 1. The molecule has 0 unspecified atom stereocenters. The summed E-state index contributed by atoms with van der Waals surface area (Å²) >= 11 is 6.15. The van der Waals surface area contributed by atoms with Crippen molar-refractivity contribution in [1.82, 2.24) is 0 Å². The highest BCUT2D eigenvalue weighted by atomic mass is 35.5. The van der Waals surface area contributed by atoms with Gasteiger partial charge in [-0.25, -0.2) is 0 Å². The minimum atomic E-state index is 0.767. The zero-order valence-electron chi connectivity index (χ0n) is 9.15. The van der Waals surface area contributed by atoms with Crippen molar-refractivity contribution in [3.05, 3.63) is 58.6 Å². The Morgan fingerprint density at radius 3 is 2.53 bits per heavy atom. The van der Waals surface area contributed by atoms with Crippen molar-refractivity contribution < 1.29 is 0 Å². The van der Waals surface area contributed by atoms with Crippen molar-refractivity contribution in [2.45, 2.75) is 6.42 Å². The maximum atomic E-state index is 6.15. The van der Waals surface area contributed by atoms with E-state index in [2.05, 4.69) is 4.99 Å². The Bertz CT molecular complexity index is 600. The van der Waals surface area contributed by atoms with E-state index in [0.717, 1.165) is 39.7 Å². The molecular formula is C14H11ClN2. The monoisotopic (exact) mass is 242 g/mol. The third-order valence-electron chi connectivity index (χ3n) is 2.94. The van der Waals surface area contributed by atoms with Crippen LogP contribution in [0.5, 0.6) is 0 Å². The Labute approximate surface area is 105 Å². The van der Waals surface area contributed by atoms with Gasteiger partial charge in [-0.05, 0) is 29.8 Å². The molecule has 0 bridgehead atoms. The molecule has 0 spiro atoms. The highest BCUT2D eigenvalue weighted by Crippen LogP contribution is 2.33. The van der Waals surface area contributed by atoms with Gasteiger partial charge in [0.15, 0.2) is 0 Å². The van der Waals surface area contributed by atoms with Crippen LogP contribution < -0.4 is 5.73 Å². The van der Waals surface area contributed by atoms with Crippen molar-refractivity contribution in [3.8, 4) is 0 Å². The Morgan fingerprint density at radius 2 is 1.82 bits per heavy atom. The molecule has 0 saturated heterocycles. The molecular weight excluding hydrogens is 232 g/mol. The quantitative estimate of drug-likeness (QED) is 0.763. The topological polar surface area (TPSA) is 38.4 Å². The molecule has 2 aromatic carbocycles. The number of nitrogens with two attached hydrogens (primary N) is 1. The minimum absolute atomic E-state index is 0.767. The number of nitrogens with zero attached hydrogens (tertiary/aromatic N) is 1. The van der Waals surface area contributed by atoms with Crippen LogP contribution in [0.3, 0.4) is 0 Å². The van der Waals surface area contributed by atoms with Gasteiger partial charge < -0.3 is 5.73 Å². The van der Waals surface area contributed by atoms with Gasteiger partial charge in [0.05, 0.1) is 11.4 Å². The first kappa shape index (κ1) is 10.4. The highest BCUT2D eigenvalue weighted by Gasteiger charge is 2.17. The van der Waals surface area contributed by atoms with Crippen molar-refractivity contribution in [1.29, 1.82) is 0 Å². The number of nitrogen functional groups attached to an aromatic ring is 1. The lowest BCUT2D eigenvalue weighted by Crippen LogP contribution is -2.00. The molecule has 0 amide bonds. The molecule has 0 radical (unpaired) electrons. The van der Waals surface area contributed by atoms with Gasteiger partial charge in [0.2, 0.25) is 0 Å². The number of aliphatic imine (C=N–C) groups is 1. The predicted molar refractivity (Wildman–Crippen MR) is 72.2 cm³/mol. The van der Waals surface area contributed by atoms with Crippen LogP contribution in [0.1, 0.15) is 11.1 Å². The second-order valence-electron chi connectivity index (χ2n) is 4.09. The molecule has 0 aromatic heterocycles. The van der Waals surface area contributed by atoms with Crippen LogP contribution in [0.15, 0.2) is 47.5 Å². The van der Waals surface area contributed by atoms with Gasteiger partial charge in [0.1, 0.15) is 0 Å². The molecule has 0 fully saturated rings. The van der Waals surface area contributed by atoms with Crippen molar-refractivity contribution >= 4 is 28.7 Å². The number of benzene rings is 2. The molecule has 3 heteroatoms. The number of hydrogen-bond acceptors (Lipinski definition) is 2. The van der Waals surface area contributed by atoms with Crippen molar-refractivity contribution in [2.75, 3.05) is 5.73 Å². The maximum Gasteiger partial charge on any atom is 0.0684 e. The predicted octanol–water partition coefficient (Wildman–Crippen LogP) is 3.60. The van der Waals surface area contributed by atoms with Gasteiger partial charge in [-0.1, -0.05) is 29.8 Å². The van der Waals surface area contributed by atoms with Crippen LogP contribution in [-0.2, 0) is 6.42 Å².